The molecule has 2 aromatic carbocycles. The highest BCUT2D eigenvalue weighted by Crippen LogP contribution is 2.26. The molecule has 0 atom stereocenters. The van der Waals surface area contributed by atoms with Crippen molar-refractivity contribution in [2.24, 2.45) is 0 Å². The number of furan rings is 1. The van der Waals surface area contributed by atoms with Crippen LogP contribution in [-0.4, -0.2) is 37.2 Å². The smallest absolute Gasteiger partial charge is 0.320 e. The van der Waals surface area contributed by atoms with Crippen molar-refractivity contribution < 1.29 is 18.0 Å². The number of aromatic nitrogens is 4. The van der Waals surface area contributed by atoms with Crippen molar-refractivity contribution in [3.8, 4) is 17.1 Å². The summed E-state index contributed by atoms with van der Waals surface area (Å²) in [6.45, 7) is -2.88. The van der Waals surface area contributed by atoms with E-state index >= 15 is 0 Å². The van der Waals surface area contributed by atoms with E-state index < -0.39 is 12.5 Å². The highest BCUT2D eigenvalue weighted by Gasteiger charge is 2.25. The summed E-state index contributed by atoms with van der Waals surface area (Å²) in [5.74, 6) is 0.219. The molecule has 0 fully saturated rings. The Morgan fingerprint density at radius 2 is 1.82 bits per heavy atom. The van der Waals surface area contributed by atoms with Crippen LogP contribution in [-0.2, 0) is 6.54 Å². The molecule has 1 amide bonds. The number of imidazole rings is 1. The van der Waals surface area contributed by atoms with E-state index in [0.29, 0.717) is 28.2 Å². The van der Waals surface area contributed by atoms with Gasteiger partial charge in [0.15, 0.2) is 5.76 Å². The predicted octanol–water partition coefficient (Wildman–Crippen LogP) is 5.15. The number of para-hydroxylation sites is 3. The van der Waals surface area contributed by atoms with Crippen molar-refractivity contribution in [2.75, 3.05) is 7.05 Å². The summed E-state index contributed by atoms with van der Waals surface area (Å²) in [7, 11) is 1.55. The highest BCUT2D eigenvalue weighted by molar-refractivity contribution is 5.94. The zero-order valence-corrected chi connectivity index (χ0v) is 17.6. The summed E-state index contributed by atoms with van der Waals surface area (Å²) < 4.78 is 35.4. The maximum atomic E-state index is 13.8. The third-order valence-electron chi connectivity index (χ3n) is 5.29. The zero-order valence-electron chi connectivity index (χ0n) is 17.6. The topological polar surface area (TPSA) is 69.1 Å². The molecule has 33 heavy (non-hydrogen) atoms. The maximum absolute atomic E-state index is 13.8. The van der Waals surface area contributed by atoms with Gasteiger partial charge in [0, 0.05) is 13.1 Å². The minimum atomic E-state index is -2.78. The lowest BCUT2D eigenvalue weighted by atomic mass is 10.2. The van der Waals surface area contributed by atoms with Crippen LogP contribution >= 0.6 is 0 Å². The van der Waals surface area contributed by atoms with Crippen LogP contribution in [0.15, 0.2) is 83.5 Å². The van der Waals surface area contributed by atoms with Crippen LogP contribution in [0.3, 0.4) is 0 Å². The zero-order chi connectivity index (χ0) is 22.9. The standard InChI is InChI=1S/C24H19F2N5O2/c1-29(15-22-27-17-10-5-6-11-19(17)30(22)24(25)26)23(32)20-14-18(21-12-7-13-33-21)28-31(20)16-8-3-2-4-9-16/h2-14,24H,15H2,1H3. The number of hydrogen-bond acceptors (Lipinski definition) is 4. The first-order chi connectivity index (χ1) is 16.0. The Morgan fingerprint density at radius 3 is 2.55 bits per heavy atom. The Hall–Kier alpha value is -4.27. The number of amides is 1. The third kappa shape index (κ3) is 3.78. The molecule has 3 aromatic heterocycles. The minimum absolute atomic E-state index is 0.0964. The lowest BCUT2D eigenvalue weighted by Gasteiger charge is -2.18. The van der Waals surface area contributed by atoms with Gasteiger partial charge >= 0.3 is 6.55 Å². The molecule has 3 heterocycles. The van der Waals surface area contributed by atoms with Gasteiger partial charge in [-0.2, -0.15) is 13.9 Å². The van der Waals surface area contributed by atoms with E-state index in [-0.39, 0.29) is 18.1 Å². The Balaban J connectivity index is 1.52. The fraction of sp³-hybridized carbons (Fsp3) is 0.125. The molecule has 0 aliphatic carbocycles. The van der Waals surface area contributed by atoms with Crippen molar-refractivity contribution >= 4 is 16.9 Å². The van der Waals surface area contributed by atoms with Crippen molar-refractivity contribution in [3.63, 3.8) is 0 Å². The molecule has 0 aliphatic rings. The summed E-state index contributed by atoms with van der Waals surface area (Å²) >= 11 is 0. The molecular formula is C24H19F2N5O2. The lowest BCUT2D eigenvalue weighted by Crippen LogP contribution is -2.29. The van der Waals surface area contributed by atoms with Gasteiger partial charge in [-0.3, -0.25) is 9.36 Å². The molecule has 7 nitrogen and oxygen atoms in total. The molecule has 0 radical (unpaired) electrons. The first kappa shape index (κ1) is 20.6. The molecule has 0 spiro atoms. The SMILES string of the molecule is CN(Cc1nc2ccccc2n1C(F)F)C(=O)c1cc(-c2ccco2)nn1-c1ccccc1. The Kier molecular flexibility index (Phi) is 5.21. The molecule has 0 saturated heterocycles. The minimum Gasteiger partial charge on any atom is -0.463 e. The number of fused-ring (bicyclic) bond motifs is 1. The number of nitrogens with zero attached hydrogens (tertiary/aromatic N) is 5. The van der Waals surface area contributed by atoms with Gasteiger partial charge in [0.1, 0.15) is 17.2 Å². The molecular weight excluding hydrogens is 428 g/mol. The van der Waals surface area contributed by atoms with Crippen molar-refractivity contribution in [2.45, 2.75) is 13.1 Å². The van der Waals surface area contributed by atoms with Crippen LogP contribution in [0.1, 0.15) is 22.9 Å². The lowest BCUT2D eigenvalue weighted by molar-refractivity contribution is 0.0643. The number of hydrogen-bond donors (Lipinski definition) is 0. The maximum Gasteiger partial charge on any atom is 0.320 e. The summed E-state index contributed by atoms with van der Waals surface area (Å²) in [4.78, 5) is 19.1. The Bertz CT molecular complexity index is 1410. The van der Waals surface area contributed by atoms with Gasteiger partial charge in [0.2, 0.25) is 0 Å². The number of carbonyl (C=O) groups excluding carboxylic acids is 1. The van der Waals surface area contributed by atoms with Crippen molar-refractivity contribution in [3.05, 3.63) is 90.6 Å². The fourth-order valence-corrected chi connectivity index (χ4v) is 3.75. The number of halogens is 2. The predicted molar refractivity (Wildman–Crippen MR) is 118 cm³/mol. The van der Waals surface area contributed by atoms with Crippen LogP contribution in [0.25, 0.3) is 28.2 Å². The average molecular weight is 447 g/mol. The van der Waals surface area contributed by atoms with Gasteiger partial charge in [-0.15, -0.1) is 0 Å². The third-order valence-corrected chi connectivity index (χ3v) is 5.29. The summed E-state index contributed by atoms with van der Waals surface area (Å²) in [6, 6.07) is 21.0. The second-order valence-electron chi connectivity index (χ2n) is 7.47. The fourth-order valence-electron chi connectivity index (χ4n) is 3.75. The molecule has 5 rings (SSSR count). The quantitative estimate of drug-likeness (QED) is 0.361. The molecule has 0 aliphatic heterocycles. The van der Waals surface area contributed by atoms with Crippen LogP contribution in [0.4, 0.5) is 8.78 Å². The summed E-state index contributed by atoms with van der Waals surface area (Å²) in [6.07, 6.45) is 1.53. The van der Waals surface area contributed by atoms with E-state index in [0.717, 1.165) is 4.57 Å². The molecule has 0 N–H and O–H groups in total. The van der Waals surface area contributed by atoms with E-state index in [1.807, 2.05) is 30.3 Å². The van der Waals surface area contributed by atoms with Gasteiger partial charge in [0.25, 0.3) is 5.91 Å². The van der Waals surface area contributed by atoms with E-state index in [9.17, 15) is 13.6 Å². The molecule has 0 bridgehead atoms. The Labute approximate surface area is 187 Å². The van der Waals surface area contributed by atoms with Gasteiger partial charge < -0.3 is 9.32 Å². The molecule has 0 unspecified atom stereocenters. The first-order valence-corrected chi connectivity index (χ1v) is 10.2. The number of alkyl halides is 2. The average Bonchev–Trinajstić information content (AvgIpc) is 3.56. The van der Waals surface area contributed by atoms with Crippen molar-refractivity contribution in [1.82, 2.24) is 24.2 Å². The molecule has 9 heteroatoms. The second kappa shape index (κ2) is 8.34. The number of benzene rings is 2. The number of rotatable bonds is 6. The summed E-state index contributed by atoms with van der Waals surface area (Å²) in [5.41, 5.74) is 2.21. The molecule has 0 saturated carbocycles. The highest BCUT2D eigenvalue weighted by atomic mass is 19.3. The van der Waals surface area contributed by atoms with E-state index in [4.69, 9.17) is 4.42 Å². The second-order valence-corrected chi connectivity index (χ2v) is 7.47. The monoisotopic (exact) mass is 447 g/mol. The van der Waals surface area contributed by atoms with Crippen molar-refractivity contribution in [1.29, 1.82) is 0 Å². The van der Waals surface area contributed by atoms with Crippen LogP contribution in [0, 0.1) is 0 Å². The Morgan fingerprint density at radius 1 is 1.06 bits per heavy atom. The van der Waals surface area contributed by atoms with Gasteiger partial charge in [-0.1, -0.05) is 30.3 Å². The van der Waals surface area contributed by atoms with Crippen LogP contribution < -0.4 is 0 Å². The molecule has 5 aromatic rings. The largest absolute Gasteiger partial charge is 0.463 e. The molecule has 166 valence electrons. The first-order valence-electron chi connectivity index (χ1n) is 10.2. The van der Waals surface area contributed by atoms with Crippen LogP contribution in [0.5, 0.6) is 0 Å². The summed E-state index contributed by atoms with van der Waals surface area (Å²) in [5, 5.41) is 4.55. The van der Waals surface area contributed by atoms with Gasteiger partial charge in [-0.25, -0.2) is 9.67 Å². The van der Waals surface area contributed by atoms with Gasteiger partial charge in [0.05, 0.1) is 29.5 Å². The number of carbonyl (C=O) groups is 1. The van der Waals surface area contributed by atoms with E-state index in [1.165, 1.54) is 15.8 Å². The normalized spacial score (nSPS) is 11.4. The van der Waals surface area contributed by atoms with E-state index in [1.54, 1.807) is 49.5 Å². The van der Waals surface area contributed by atoms with E-state index in [2.05, 4.69) is 10.1 Å². The van der Waals surface area contributed by atoms with Crippen LogP contribution in [0.2, 0.25) is 0 Å². The van der Waals surface area contributed by atoms with Gasteiger partial charge in [-0.05, 0) is 36.4 Å².